The van der Waals surface area contributed by atoms with Gasteiger partial charge in [0.1, 0.15) is 10.3 Å². The molecule has 0 aliphatic carbocycles. The molecular formula is C10H9BrClF2NO2. The summed E-state index contributed by atoms with van der Waals surface area (Å²) in [5.74, 6) is -0.909. The predicted octanol–water partition coefficient (Wildman–Crippen LogP) is 3.70. The summed E-state index contributed by atoms with van der Waals surface area (Å²) >= 11 is 8.61. The first-order chi connectivity index (χ1) is 8.01. The molecule has 7 heteroatoms. The predicted molar refractivity (Wildman–Crippen MR) is 62.4 cm³/mol. The molecule has 0 spiro atoms. The van der Waals surface area contributed by atoms with E-state index in [1.165, 1.54) is 6.07 Å². The number of nitrogens with zero attached hydrogens (tertiary/aromatic N) is 1. The minimum absolute atomic E-state index is 0.0744. The van der Waals surface area contributed by atoms with E-state index in [0.29, 0.717) is 0 Å². The van der Waals surface area contributed by atoms with Crippen LogP contribution >= 0.6 is 27.5 Å². The van der Waals surface area contributed by atoms with Crippen LogP contribution in [0, 0.1) is 0 Å². The molecule has 0 amide bonds. The number of alkyl halides is 3. The van der Waals surface area contributed by atoms with Gasteiger partial charge in [-0.1, -0.05) is 0 Å². The van der Waals surface area contributed by atoms with Gasteiger partial charge in [0.05, 0.1) is 12.2 Å². The molecule has 1 heterocycles. The first kappa shape index (κ1) is 14.3. The van der Waals surface area contributed by atoms with E-state index in [0.717, 1.165) is 0 Å². The highest BCUT2D eigenvalue weighted by atomic mass is 79.9. The Morgan fingerprint density at radius 3 is 2.76 bits per heavy atom. The van der Waals surface area contributed by atoms with Gasteiger partial charge in [-0.05, 0) is 34.5 Å². The average molecular weight is 329 g/mol. The molecule has 1 aromatic heterocycles. The summed E-state index contributed by atoms with van der Waals surface area (Å²) in [4.78, 5) is 15.2. The maximum absolute atomic E-state index is 12.8. The summed E-state index contributed by atoms with van der Waals surface area (Å²) in [5.41, 5.74) is -0.601. The van der Waals surface area contributed by atoms with E-state index in [9.17, 15) is 13.6 Å². The third-order valence-corrected chi connectivity index (χ3v) is 2.62. The summed E-state index contributed by atoms with van der Waals surface area (Å²) in [5, 5.41) is 0. The number of aromatic nitrogens is 1. The molecule has 0 saturated carbocycles. The number of esters is 1. The highest BCUT2D eigenvalue weighted by Crippen LogP contribution is 2.28. The minimum atomic E-state index is -2.87. The molecule has 1 rings (SSSR count). The molecule has 0 saturated heterocycles. The molecule has 0 aliphatic rings. The molecule has 0 N–H and O–H groups in total. The maximum atomic E-state index is 12.8. The van der Waals surface area contributed by atoms with Gasteiger partial charge in [-0.25, -0.2) is 18.6 Å². The van der Waals surface area contributed by atoms with Crippen LogP contribution in [0.2, 0.25) is 0 Å². The van der Waals surface area contributed by atoms with Crippen molar-refractivity contribution in [3.05, 3.63) is 27.5 Å². The number of rotatable bonds is 4. The van der Waals surface area contributed by atoms with Gasteiger partial charge in [0.2, 0.25) is 0 Å². The summed E-state index contributed by atoms with van der Waals surface area (Å²) in [6.07, 6.45) is -2.87. The maximum Gasteiger partial charge on any atom is 0.340 e. The average Bonchev–Trinajstić information content (AvgIpc) is 2.27. The monoisotopic (exact) mass is 327 g/mol. The van der Waals surface area contributed by atoms with Gasteiger partial charge < -0.3 is 4.74 Å². The van der Waals surface area contributed by atoms with E-state index in [1.54, 1.807) is 6.92 Å². The Balaban J connectivity index is 3.36. The van der Waals surface area contributed by atoms with Crippen molar-refractivity contribution in [3.8, 4) is 0 Å². The van der Waals surface area contributed by atoms with Crippen molar-refractivity contribution in [2.75, 3.05) is 6.61 Å². The van der Waals surface area contributed by atoms with E-state index in [4.69, 9.17) is 16.3 Å². The lowest BCUT2D eigenvalue weighted by molar-refractivity contribution is 0.0512. The van der Waals surface area contributed by atoms with Gasteiger partial charge in [-0.2, -0.15) is 0 Å². The highest BCUT2D eigenvalue weighted by Gasteiger charge is 2.25. The third-order valence-electron chi connectivity index (χ3n) is 1.93. The van der Waals surface area contributed by atoms with Crippen LogP contribution in [-0.4, -0.2) is 17.6 Å². The van der Waals surface area contributed by atoms with Crippen LogP contribution in [-0.2, 0) is 10.6 Å². The van der Waals surface area contributed by atoms with Crippen LogP contribution in [0.5, 0.6) is 0 Å². The SMILES string of the molecule is CCOC(=O)c1c(CCl)cc(Br)nc1C(F)F. The summed E-state index contributed by atoms with van der Waals surface area (Å²) in [6.45, 7) is 1.69. The van der Waals surface area contributed by atoms with Gasteiger partial charge in [0.25, 0.3) is 6.43 Å². The van der Waals surface area contributed by atoms with Crippen LogP contribution in [0.25, 0.3) is 0 Å². The minimum Gasteiger partial charge on any atom is -0.462 e. The second-order valence-corrected chi connectivity index (χ2v) is 4.10. The summed E-state index contributed by atoms with van der Waals surface area (Å²) < 4.78 is 30.5. The van der Waals surface area contributed by atoms with E-state index >= 15 is 0 Å². The molecule has 0 unspecified atom stereocenters. The standard InChI is InChI=1S/C10H9BrClF2NO2/c1-2-17-10(16)7-5(4-12)3-6(11)15-8(7)9(13)14/h3,9H,2,4H2,1H3. The van der Waals surface area contributed by atoms with Gasteiger partial charge in [0, 0.05) is 5.88 Å². The number of carbonyl (C=O) groups excluding carboxylic acids is 1. The Morgan fingerprint density at radius 2 is 2.29 bits per heavy atom. The summed E-state index contributed by atoms with van der Waals surface area (Å²) in [6, 6.07) is 1.42. The number of pyridine rings is 1. The van der Waals surface area contributed by atoms with Gasteiger partial charge in [-0.3, -0.25) is 0 Å². The molecule has 1 aromatic rings. The molecule has 94 valence electrons. The van der Waals surface area contributed by atoms with E-state index in [-0.39, 0.29) is 28.2 Å². The number of halogens is 4. The smallest absolute Gasteiger partial charge is 0.340 e. The summed E-state index contributed by atoms with van der Waals surface area (Å²) in [7, 11) is 0. The second kappa shape index (κ2) is 6.26. The number of carbonyl (C=O) groups is 1. The fourth-order valence-electron chi connectivity index (χ4n) is 1.29. The zero-order valence-electron chi connectivity index (χ0n) is 8.84. The fourth-order valence-corrected chi connectivity index (χ4v) is 1.96. The Hall–Kier alpha value is -0.750. The van der Waals surface area contributed by atoms with Crippen LogP contribution < -0.4 is 0 Å². The van der Waals surface area contributed by atoms with Crippen molar-refractivity contribution in [2.24, 2.45) is 0 Å². The Kier molecular flexibility index (Phi) is 5.27. The zero-order valence-corrected chi connectivity index (χ0v) is 11.2. The van der Waals surface area contributed by atoms with Gasteiger partial charge in [0.15, 0.2) is 0 Å². The molecule has 0 aliphatic heterocycles. The lowest BCUT2D eigenvalue weighted by Gasteiger charge is -2.11. The molecular weight excluding hydrogens is 319 g/mol. The zero-order chi connectivity index (χ0) is 13.0. The molecule has 0 radical (unpaired) electrons. The van der Waals surface area contributed by atoms with Crippen LogP contribution in [0.15, 0.2) is 10.7 Å². The van der Waals surface area contributed by atoms with Crippen molar-refractivity contribution in [2.45, 2.75) is 19.2 Å². The molecule has 0 atom stereocenters. The normalized spacial score (nSPS) is 10.7. The first-order valence-electron chi connectivity index (χ1n) is 4.71. The molecule has 0 bridgehead atoms. The van der Waals surface area contributed by atoms with Crippen LogP contribution in [0.3, 0.4) is 0 Å². The quantitative estimate of drug-likeness (QED) is 0.481. The number of hydrogen-bond acceptors (Lipinski definition) is 3. The topological polar surface area (TPSA) is 39.2 Å². The Morgan fingerprint density at radius 1 is 1.65 bits per heavy atom. The molecule has 0 aromatic carbocycles. The lowest BCUT2D eigenvalue weighted by Crippen LogP contribution is -2.13. The lowest BCUT2D eigenvalue weighted by atomic mass is 10.1. The van der Waals surface area contributed by atoms with E-state index in [1.807, 2.05) is 0 Å². The largest absolute Gasteiger partial charge is 0.462 e. The Labute approximate surface area is 110 Å². The van der Waals surface area contributed by atoms with E-state index in [2.05, 4.69) is 20.9 Å². The van der Waals surface area contributed by atoms with Crippen molar-refractivity contribution >= 4 is 33.5 Å². The molecule has 0 fully saturated rings. The molecule has 3 nitrogen and oxygen atoms in total. The van der Waals surface area contributed by atoms with E-state index < -0.39 is 18.1 Å². The van der Waals surface area contributed by atoms with Crippen LogP contribution in [0.1, 0.15) is 35.0 Å². The highest BCUT2D eigenvalue weighted by molar-refractivity contribution is 9.10. The second-order valence-electron chi connectivity index (χ2n) is 3.02. The van der Waals surface area contributed by atoms with Crippen molar-refractivity contribution < 1.29 is 18.3 Å². The van der Waals surface area contributed by atoms with Gasteiger partial charge in [-0.15, -0.1) is 11.6 Å². The fraction of sp³-hybridized carbons (Fsp3) is 0.400. The molecule has 17 heavy (non-hydrogen) atoms. The van der Waals surface area contributed by atoms with Gasteiger partial charge >= 0.3 is 5.97 Å². The first-order valence-corrected chi connectivity index (χ1v) is 6.04. The van der Waals surface area contributed by atoms with Crippen LogP contribution in [0.4, 0.5) is 8.78 Å². The number of hydrogen-bond donors (Lipinski definition) is 0. The van der Waals surface area contributed by atoms with Crippen molar-refractivity contribution in [1.29, 1.82) is 0 Å². The van der Waals surface area contributed by atoms with Crippen molar-refractivity contribution in [3.63, 3.8) is 0 Å². The third kappa shape index (κ3) is 3.35. The number of ether oxygens (including phenoxy) is 1. The van der Waals surface area contributed by atoms with Crippen molar-refractivity contribution in [1.82, 2.24) is 4.98 Å². The Bertz CT molecular complexity index is 429.